The molecule has 0 unspecified atom stereocenters. The summed E-state index contributed by atoms with van der Waals surface area (Å²) in [4.78, 5) is 30.6. The fourth-order valence-corrected chi connectivity index (χ4v) is 8.03. The first-order valence-electron chi connectivity index (χ1n) is 19.2. The molecule has 54 heavy (non-hydrogen) atoms. The van der Waals surface area contributed by atoms with E-state index >= 15 is 0 Å². The number of carbonyl (C=O) groups is 2. The van der Waals surface area contributed by atoms with E-state index in [4.69, 9.17) is 4.43 Å². The molecule has 5 nitrogen and oxygen atoms in total. The van der Waals surface area contributed by atoms with Crippen LogP contribution in [-0.2, 0) is 40.2 Å². The first kappa shape index (κ1) is 40.4. The number of carbonyl (C=O) groups excluding carboxylic acids is 2. The highest BCUT2D eigenvalue weighted by Crippen LogP contribution is 2.44. The van der Waals surface area contributed by atoms with E-state index in [2.05, 4.69) is 154 Å². The van der Waals surface area contributed by atoms with Crippen molar-refractivity contribution in [1.29, 1.82) is 0 Å². The molecule has 0 bridgehead atoms. The first-order chi connectivity index (χ1) is 25.8. The normalized spacial score (nSPS) is 18.5. The number of rotatable bonds is 13. The number of Topliss-reactive ketones (excluding diaryl/α,β-unsaturated/α-hetero) is 2. The average molecular weight is 739 g/mol. The Morgan fingerprint density at radius 2 is 1.15 bits per heavy atom. The number of ketones is 2. The second-order valence-corrected chi connectivity index (χ2v) is 21.1. The lowest BCUT2D eigenvalue weighted by atomic mass is 9.79. The van der Waals surface area contributed by atoms with E-state index in [1.54, 1.807) is 0 Å². The van der Waals surface area contributed by atoms with Gasteiger partial charge in [-0.3, -0.25) is 14.5 Å². The van der Waals surface area contributed by atoms with E-state index in [9.17, 15) is 9.59 Å². The Morgan fingerprint density at radius 3 is 1.56 bits per heavy atom. The molecule has 4 aromatic carbocycles. The smallest absolute Gasteiger partial charge is 0.250 e. The molecule has 0 heterocycles. The van der Waals surface area contributed by atoms with E-state index in [1.807, 2.05) is 43.3 Å². The number of nitrogens with zero attached hydrogens (tertiary/aromatic N) is 2. The van der Waals surface area contributed by atoms with Gasteiger partial charge in [0.2, 0.25) is 8.32 Å². The minimum Gasteiger partial charge on any atom is -0.547 e. The van der Waals surface area contributed by atoms with E-state index in [0.29, 0.717) is 19.5 Å². The van der Waals surface area contributed by atoms with Crippen LogP contribution in [0.3, 0.4) is 0 Å². The lowest BCUT2D eigenvalue weighted by molar-refractivity contribution is -0.123. The third-order valence-corrected chi connectivity index (χ3v) is 15.2. The summed E-state index contributed by atoms with van der Waals surface area (Å²) >= 11 is 0. The average Bonchev–Trinajstić information content (AvgIpc) is 3.43. The van der Waals surface area contributed by atoms with Crippen LogP contribution in [0.4, 0.5) is 0 Å². The molecule has 1 saturated carbocycles. The van der Waals surface area contributed by atoms with E-state index in [0.717, 1.165) is 24.4 Å². The first-order valence-corrected chi connectivity index (χ1v) is 22.1. The maximum Gasteiger partial charge on any atom is 0.250 e. The summed E-state index contributed by atoms with van der Waals surface area (Å²) < 4.78 is 6.73. The van der Waals surface area contributed by atoms with Crippen molar-refractivity contribution < 1.29 is 14.0 Å². The molecule has 0 spiro atoms. The fraction of sp³-hybridized carbons (Fsp3) is 0.333. The molecule has 2 aliphatic carbocycles. The zero-order chi connectivity index (χ0) is 38.7. The Morgan fingerprint density at radius 1 is 0.722 bits per heavy atom. The monoisotopic (exact) mass is 738 g/mol. The largest absolute Gasteiger partial charge is 0.547 e. The highest BCUT2D eigenvalue weighted by Gasteiger charge is 2.50. The fourth-order valence-electron chi connectivity index (χ4n) is 6.91. The molecule has 0 aromatic heterocycles. The molecule has 2 aliphatic rings. The van der Waals surface area contributed by atoms with Gasteiger partial charge in [0.05, 0.1) is 12.2 Å². The summed E-state index contributed by atoms with van der Waals surface area (Å²) in [5.74, 6) is 0.465. The Hall–Kier alpha value is -4.78. The molecule has 6 heteroatoms. The zero-order valence-corrected chi connectivity index (χ0v) is 34.1. The van der Waals surface area contributed by atoms with Crippen molar-refractivity contribution in [2.75, 3.05) is 0 Å². The summed E-state index contributed by atoms with van der Waals surface area (Å²) in [7, 11) is -2.07. The van der Waals surface area contributed by atoms with Gasteiger partial charge >= 0.3 is 0 Å². The van der Waals surface area contributed by atoms with Crippen LogP contribution >= 0.6 is 0 Å². The van der Waals surface area contributed by atoms with E-state index in [1.165, 1.54) is 22.3 Å². The van der Waals surface area contributed by atoms with Gasteiger partial charge in [0.25, 0.3) is 0 Å². The third kappa shape index (κ3) is 11.4. The second kappa shape index (κ2) is 18.5. The SMILES string of the molecule is C=C(C)/C=C/N(Cc1ccccc1)Cc1ccccc1.CC(C)(C)[Si](C)(C)OC1=C[C@@H](N(Cc2ccccc2)Cc2ccccc2)[C@H]2C(=O)CC(=O)[C@H]2C1. The number of fused-ring (bicyclic) bond motifs is 1. The van der Waals surface area contributed by atoms with Gasteiger partial charge in [0.1, 0.15) is 11.6 Å². The molecular formula is C48H58N2O3Si. The second-order valence-electron chi connectivity index (χ2n) is 16.3. The van der Waals surface area contributed by atoms with Crippen LogP contribution in [0, 0.1) is 11.8 Å². The van der Waals surface area contributed by atoms with Crippen molar-refractivity contribution in [2.45, 2.75) is 90.9 Å². The lowest BCUT2D eigenvalue weighted by Gasteiger charge is -2.42. The summed E-state index contributed by atoms with van der Waals surface area (Å²) in [5.41, 5.74) is 6.08. The summed E-state index contributed by atoms with van der Waals surface area (Å²) in [6.07, 6.45) is 6.96. The number of hydrogen-bond donors (Lipinski definition) is 0. The molecule has 1 fully saturated rings. The third-order valence-electron chi connectivity index (χ3n) is 10.8. The molecular weight excluding hydrogens is 681 g/mol. The van der Waals surface area contributed by atoms with Crippen LogP contribution in [-0.4, -0.2) is 35.7 Å². The van der Waals surface area contributed by atoms with Crippen molar-refractivity contribution in [3.05, 3.63) is 180 Å². The molecule has 4 aromatic rings. The van der Waals surface area contributed by atoms with Gasteiger partial charge in [-0.25, -0.2) is 0 Å². The molecule has 0 N–H and O–H groups in total. The van der Waals surface area contributed by atoms with Crippen molar-refractivity contribution in [1.82, 2.24) is 9.80 Å². The van der Waals surface area contributed by atoms with Crippen LogP contribution in [0.2, 0.25) is 18.1 Å². The van der Waals surface area contributed by atoms with E-state index in [-0.39, 0.29) is 40.9 Å². The van der Waals surface area contributed by atoms with Crippen LogP contribution < -0.4 is 0 Å². The number of hydrogen-bond acceptors (Lipinski definition) is 5. The predicted octanol–water partition coefficient (Wildman–Crippen LogP) is 10.9. The summed E-state index contributed by atoms with van der Waals surface area (Å²) in [6, 6.07) is 41.6. The Bertz CT molecular complexity index is 1800. The number of benzene rings is 4. The predicted molar refractivity (Wildman–Crippen MR) is 225 cm³/mol. The van der Waals surface area contributed by atoms with Gasteiger partial charge < -0.3 is 9.33 Å². The van der Waals surface area contributed by atoms with Gasteiger partial charge in [-0.15, -0.1) is 0 Å². The Labute approximate surface area is 325 Å². The molecule has 6 rings (SSSR count). The minimum atomic E-state index is -2.07. The zero-order valence-electron chi connectivity index (χ0n) is 33.1. The lowest BCUT2D eigenvalue weighted by Crippen LogP contribution is -2.47. The topological polar surface area (TPSA) is 49.9 Å². The molecule has 3 atom stereocenters. The summed E-state index contributed by atoms with van der Waals surface area (Å²) in [5, 5.41) is 0.0590. The van der Waals surface area contributed by atoms with Crippen molar-refractivity contribution >= 4 is 19.9 Å². The molecule has 0 amide bonds. The van der Waals surface area contributed by atoms with Crippen LogP contribution in [0.25, 0.3) is 0 Å². The van der Waals surface area contributed by atoms with Gasteiger partial charge in [-0.1, -0.05) is 154 Å². The van der Waals surface area contributed by atoms with E-state index < -0.39 is 8.32 Å². The highest BCUT2D eigenvalue weighted by molar-refractivity contribution is 6.74. The highest BCUT2D eigenvalue weighted by atomic mass is 28.4. The molecule has 282 valence electrons. The molecule has 0 saturated heterocycles. The van der Waals surface area contributed by atoms with Crippen molar-refractivity contribution in [3.63, 3.8) is 0 Å². The standard InChI is InChI=1S/C29H37NO3Si.C19H21N/c1-29(2,3)34(4,5)33-23-16-24-26(31)18-27(32)28(24)25(17-23)30(19-21-12-8-6-9-13-21)20-22-14-10-7-11-15-22;1-17(2)13-14-20(15-18-9-5-3-6-10-18)16-19-11-7-4-8-12-19/h6-15,17,24-25,28H,16,18-20H2,1-5H3;3-14H,1,15-16H2,2H3/b;14-13+/t24-,25-,28+;/m1./s1. The van der Waals surface area contributed by atoms with Crippen LogP contribution in [0.1, 0.15) is 62.8 Å². The van der Waals surface area contributed by atoms with Gasteiger partial charge in [-0.05, 0) is 65.7 Å². The van der Waals surface area contributed by atoms with Gasteiger partial charge in [-0.2, -0.15) is 0 Å². The van der Waals surface area contributed by atoms with Gasteiger partial charge in [0, 0.05) is 50.5 Å². The van der Waals surface area contributed by atoms with Gasteiger partial charge in [0.15, 0.2) is 0 Å². The molecule has 0 radical (unpaired) electrons. The quantitative estimate of drug-likeness (QED) is 0.0777. The maximum absolute atomic E-state index is 13.1. The summed E-state index contributed by atoms with van der Waals surface area (Å²) in [6.45, 7) is 20.3. The molecule has 0 aliphatic heterocycles. The van der Waals surface area contributed by atoms with Crippen LogP contribution in [0.15, 0.2) is 158 Å². The van der Waals surface area contributed by atoms with Crippen molar-refractivity contribution in [3.8, 4) is 0 Å². The minimum absolute atomic E-state index is 0.0531. The number of allylic oxidation sites excluding steroid dienone is 3. The van der Waals surface area contributed by atoms with Crippen LogP contribution in [0.5, 0.6) is 0 Å². The van der Waals surface area contributed by atoms with Crippen molar-refractivity contribution in [2.24, 2.45) is 11.8 Å². The maximum atomic E-state index is 13.1. The Balaban J connectivity index is 0.000000239. The Kier molecular flexibility index (Phi) is 13.8.